The van der Waals surface area contributed by atoms with E-state index in [9.17, 15) is 5.11 Å². The highest BCUT2D eigenvalue weighted by Gasteiger charge is 2.19. The molecule has 0 spiro atoms. The molecule has 1 saturated heterocycles. The zero-order valence-corrected chi connectivity index (χ0v) is 10.7. The summed E-state index contributed by atoms with van der Waals surface area (Å²) in [5.74, 6) is 0.464. The first-order chi connectivity index (χ1) is 8.33. The summed E-state index contributed by atoms with van der Waals surface area (Å²) >= 11 is 0. The van der Waals surface area contributed by atoms with Crippen LogP contribution in [0.4, 0.5) is 0 Å². The van der Waals surface area contributed by atoms with Crippen molar-refractivity contribution in [3.8, 4) is 0 Å². The number of aliphatic hydroxyl groups excluding tert-OH is 1. The van der Waals surface area contributed by atoms with E-state index >= 15 is 0 Å². The molecular formula is C13H23N3O. The van der Waals surface area contributed by atoms with Gasteiger partial charge in [-0.05, 0) is 31.7 Å². The molecule has 0 amide bonds. The molecule has 1 aliphatic rings. The molecule has 1 aliphatic heterocycles. The fraction of sp³-hybridized carbons (Fsp3) is 0.769. The number of aryl methyl sites for hydroxylation is 1. The Balaban J connectivity index is 1.93. The maximum atomic E-state index is 9.23. The lowest BCUT2D eigenvalue weighted by Gasteiger charge is -2.31. The second kappa shape index (κ2) is 6.17. The van der Waals surface area contributed by atoms with E-state index in [0.29, 0.717) is 12.5 Å². The van der Waals surface area contributed by atoms with E-state index < -0.39 is 0 Å². The van der Waals surface area contributed by atoms with Crippen LogP contribution in [0.1, 0.15) is 31.9 Å². The second-order valence-electron chi connectivity index (χ2n) is 5.00. The maximum absolute atomic E-state index is 9.23. The fourth-order valence-electron chi connectivity index (χ4n) is 2.60. The van der Waals surface area contributed by atoms with Gasteiger partial charge in [-0.1, -0.05) is 6.92 Å². The molecule has 4 heteroatoms. The third-order valence-corrected chi connectivity index (χ3v) is 3.51. The van der Waals surface area contributed by atoms with Gasteiger partial charge in [0, 0.05) is 32.4 Å². The summed E-state index contributed by atoms with van der Waals surface area (Å²) in [5, 5.41) is 9.23. The Morgan fingerprint density at radius 1 is 1.53 bits per heavy atom. The van der Waals surface area contributed by atoms with Crippen molar-refractivity contribution >= 4 is 0 Å². The molecule has 4 nitrogen and oxygen atoms in total. The van der Waals surface area contributed by atoms with Gasteiger partial charge in [-0.2, -0.15) is 0 Å². The van der Waals surface area contributed by atoms with Crippen LogP contribution < -0.4 is 0 Å². The number of imidazole rings is 1. The molecule has 0 radical (unpaired) electrons. The molecule has 17 heavy (non-hydrogen) atoms. The third kappa shape index (κ3) is 3.30. The minimum atomic E-state index is 0.324. The number of hydrogen-bond donors (Lipinski definition) is 1. The van der Waals surface area contributed by atoms with Crippen LogP contribution in [0.3, 0.4) is 0 Å². The number of aromatic nitrogens is 2. The van der Waals surface area contributed by atoms with Gasteiger partial charge in [-0.3, -0.25) is 4.90 Å². The summed E-state index contributed by atoms with van der Waals surface area (Å²) < 4.78 is 2.24. The lowest BCUT2D eigenvalue weighted by atomic mass is 9.99. The molecule has 1 aromatic heterocycles. The van der Waals surface area contributed by atoms with Gasteiger partial charge in [-0.15, -0.1) is 0 Å². The summed E-state index contributed by atoms with van der Waals surface area (Å²) in [5.41, 5.74) is 1.30. The standard InChI is InChI=1S/C13H23N3O/c1-2-5-16-11-14-7-13(16)9-15-6-3-4-12(8-15)10-17/h7,11-12,17H,2-6,8-10H2,1H3. The molecule has 96 valence electrons. The SMILES string of the molecule is CCCn1cncc1CN1CCCC(CO)C1. The number of rotatable bonds is 5. The molecule has 1 unspecified atom stereocenters. The average Bonchev–Trinajstić information content (AvgIpc) is 2.78. The quantitative estimate of drug-likeness (QED) is 0.843. The van der Waals surface area contributed by atoms with Gasteiger partial charge in [0.25, 0.3) is 0 Å². The molecular weight excluding hydrogens is 214 g/mol. The summed E-state index contributed by atoms with van der Waals surface area (Å²) in [4.78, 5) is 6.67. The monoisotopic (exact) mass is 237 g/mol. The number of aliphatic hydroxyl groups is 1. The number of likely N-dealkylation sites (tertiary alicyclic amines) is 1. The van der Waals surface area contributed by atoms with Crippen molar-refractivity contribution in [3.05, 3.63) is 18.2 Å². The Kier molecular flexibility index (Phi) is 4.57. The van der Waals surface area contributed by atoms with Gasteiger partial charge in [0.1, 0.15) is 0 Å². The first-order valence-corrected chi connectivity index (χ1v) is 6.65. The van der Waals surface area contributed by atoms with E-state index in [1.807, 2.05) is 12.5 Å². The van der Waals surface area contributed by atoms with Crippen molar-refractivity contribution in [2.24, 2.45) is 5.92 Å². The van der Waals surface area contributed by atoms with Crippen LogP contribution >= 0.6 is 0 Å². The van der Waals surface area contributed by atoms with E-state index in [4.69, 9.17) is 0 Å². The topological polar surface area (TPSA) is 41.3 Å². The molecule has 0 saturated carbocycles. The lowest BCUT2D eigenvalue weighted by Crippen LogP contribution is -2.36. The van der Waals surface area contributed by atoms with Gasteiger partial charge in [0.15, 0.2) is 0 Å². The molecule has 1 fully saturated rings. The molecule has 0 aliphatic carbocycles. The molecule has 1 atom stereocenters. The molecule has 0 aromatic carbocycles. The minimum Gasteiger partial charge on any atom is -0.396 e. The Morgan fingerprint density at radius 2 is 2.41 bits per heavy atom. The van der Waals surface area contributed by atoms with Crippen LogP contribution in [0.15, 0.2) is 12.5 Å². The Bertz CT molecular complexity index is 337. The maximum Gasteiger partial charge on any atom is 0.0948 e. The predicted octanol–water partition coefficient (Wildman–Crippen LogP) is 1.50. The summed E-state index contributed by atoms with van der Waals surface area (Å²) in [6.45, 7) is 6.70. The molecule has 2 rings (SSSR count). The highest BCUT2D eigenvalue weighted by Crippen LogP contribution is 2.18. The Morgan fingerprint density at radius 3 is 3.18 bits per heavy atom. The van der Waals surface area contributed by atoms with E-state index in [0.717, 1.165) is 32.6 Å². The van der Waals surface area contributed by atoms with E-state index in [1.54, 1.807) is 0 Å². The number of nitrogens with zero attached hydrogens (tertiary/aromatic N) is 3. The Labute approximate surface area is 103 Å². The third-order valence-electron chi connectivity index (χ3n) is 3.51. The highest BCUT2D eigenvalue weighted by atomic mass is 16.3. The zero-order chi connectivity index (χ0) is 12.1. The van der Waals surface area contributed by atoms with Crippen molar-refractivity contribution < 1.29 is 5.11 Å². The van der Waals surface area contributed by atoms with Crippen LogP contribution in [-0.2, 0) is 13.1 Å². The molecule has 1 N–H and O–H groups in total. The van der Waals surface area contributed by atoms with Gasteiger partial charge in [0.05, 0.1) is 12.0 Å². The van der Waals surface area contributed by atoms with Gasteiger partial charge >= 0.3 is 0 Å². The van der Waals surface area contributed by atoms with Crippen molar-refractivity contribution in [1.82, 2.24) is 14.5 Å². The zero-order valence-electron chi connectivity index (χ0n) is 10.7. The van der Waals surface area contributed by atoms with Gasteiger partial charge < -0.3 is 9.67 Å². The predicted molar refractivity (Wildman–Crippen MR) is 67.6 cm³/mol. The van der Waals surface area contributed by atoms with Gasteiger partial charge in [0.2, 0.25) is 0 Å². The van der Waals surface area contributed by atoms with Crippen molar-refractivity contribution in [2.45, 2.75) is 39.3 Å². The molecule has 1 aromatic rings. The second-order valence-corrected chi connectivity index (χ2v) is 5.00. The summed E-state index contributed by atoms with van der Waals surface area (Å²) in [6, 6.07) is 0. The van der Waals surface area contributed by atoms with Crippen LogP contribution in [0.25, 0.3) is 0 Å². The molecule has 0 bridgehead atoms. The van der Waals surface area contributed by atoms with Crippen LogP contribution in [0.2, 0.25) is 0 Å². The fourth-order valence-corrected chi connectivity index (χ4v) is 2.60. The van der Waals surface area contributed by atoms with Crippen LogP contribution in [0.5, 0.6) is 0 Å². The molecule has 2 heterocycles. The van der Waals surface area contributed by atoms with Gasteiger partial charge in [-0.25, -0.2) is 4.98 Å². The van der Waals surface area contributed by atoms with Crippen molar-refractivity contribution in [1.29, 1.82) is 0 Å². The van der Waals surface area contributed by atoms with Crippen LogP contribution in [0, 0.1) is 5.92 Å². The van der Waals surface area contributed by atoms with Crippen molar-refractivity contribution in [3.63, 3.8) is 0 Å². The lowest BCUT2D eigenvalue weighted by molar-refractivity contribution is 0.114. The number of piperidine rings is 1. The average molecular weight is 237 g/mol. The summed E-state index contributed by atoms with van der Waals surface area (Å²) in [7, 11) is 0. The smallest absolute Gasteiger partial charge is 0.0948 e. The minimum absolute atomic E-state index is 0.324. The Hall–Kier alpha value is -0.870. The first kappa shape index (κ1) is 12.6. The summed E-state index contributed by atoms with van der Waals surface area (Å²) in [6.07, 6.45) is 7.40. The largest absolute Gasteiger partial charge is 0.396 e. The first-order valence-electron chi connectivity index (χ1n) is 6.65. The highest BCUT2D eigenvalue weighted by molar-refractivity contribution is 4.98. The van der Waals surface area contributed by atoms with E-state index in [1.165, 1.54) is 18.5 Å². The van der Waals surface area contributed by atoms with Crippen molar-refractivity contribution in [2.75, 3.05) is 19.7 Å². The normalized spacial score (nSPS) is 21.9. The van der Waals surface area contributed by atoms with E-state index in [2.05, 4.69) is 21.4 Å². The van der Waals surface area contributed by atoms with E-state index in [-0.39, 0.29) is 0 Å². The van der Waals surface area contributed by atoms with Crippen LogP contribution in [-0.4, -0.2) is 39.3 Å². The number of hydrogen-bond acceptors (Lipinski definition) is 3.